The van der Waals surface area contributed by atoms with Gasteiger partial charge in [-0.2, -0.15) is 5.26 Å². The van der Waals surface area contributed by atoms with Crippen molar-refractivity contribution in [1.29, 1.82) is 5.26 Å². The highest BCUT2D eigenvalue weighted by Gasteiger charge is 2.19. The molecule has 0 unspecified atom stereocenters. The topological polar surface area (TPSA) is 54.0 Å². The van der Waals surface area contributed by atoms with Gasteiger partial charge in [0.05, 0.1) is 5.69 Å². The van der Waals surface area contributed by atoms with Gasteiger partial charge in [0.1, 0.15) is 11.6 Å². The van der Waals surface area contributed by atoms with Gasteiger partial charge in [-0.3, -0.25) is 0 Å². The van der Waals surface area contributed by atoms with Gasteiger partial charge in [-0.05, 0) is 23.8 Å². The van der Waals surface area contributed by atoms with E-state index >= 15 is 0 Å². The Morgan fingerprint density at radius 2 is 1.40 bits per heavy atom. The van der Waals surface area contributed by atoms with Crippen LogP contribution in [-0.2, 0) is 0 Å². The minimum atomic E-state index is 0.506. The molecule has 0 aliphatic rings. The van der Waals surface area contributed by atoms with Crippen LogP contribution in [0.4, 0.5) is 0 Å². The van der Waals surface area contributed by atoms with E-state index in [2.05, 4.69) is 22.0 Å². The third-order valence-electron chi connectivity index (χ3n) is 4.98. The van der Waals surface area contributed by atoms with Crippen molar-refractivity contribution in [2.75, 3.05) is 0 Å². The summed E-state index contributed by atoms with van der Waals surface area (Å²) in [6.07, 6.45) is 0. The van der Waals surface area contributed by atoms with Crippen LogP contribution in [0.1, 0.15) is 5.56 Å². The number of hydrogen-bond acceptors (Lipinski definition) is 3. The molecule has 0 radical (unpaired) electrons. The monoisotopic (exact) mass is 450 g/mol. The Balaban J connectivity index is 1.85. The molecule has 4 nitrogen and oxygen atoms in total. The summed E-state index contributed by atoms with van der Waals surface area (Å²) >= 11 is 3.48. The number of benzene rings is 3. The summed E-state index contributed by atoms with van der Waals surface area (Å²) in [7, 11) is 0. The third-order valence-corrected chi connectivity index (χ3v) is 5.51. The van der Waals surface area contributed by atoms with Crippen molar-refractivity contribution in [3.8, 4) is 39.8 Å². The number of hydrogen-bond donors (Lipinski definition) is 0. The summed E-state index contributed by atoms with van der Waals surface area (Å²) in [5.74, 6) is 0.595. The Kier molecular flexibility index (Phi) is 4.62. The fourth-order valence-electron chi connectivity index (χ4n) is 3.52. The zero-order chi connectivity index (χ0) is 20.5. The van der Waals surface area contributed by atoms with Crippen molar-refractivity contribution in [3.05, 3.63) is 101 Å². The Morgan fingerprint density at radius 1 is 0.767 bits per heavy atom. The fourth-order valence-corrected chi connectivity index (χ4v) is 3.79. The van der Waals surface area contributed by atoms with Crippen LogP contribution in [0.5, 0.6) is 0 Å². The number of rotatable bonds is 3. The zero-order valence-electron chi connectivity index (χ0n) is 15.8. The highest BCUT2D eigenvalue weighted by atomic mass is 79.9. The van der Waals surface area contributed by atoms with Gasteiger partial charge < -0.3 is 0 Å². The Hall–Kier alpha value is -3.75. The Morgan fingerprint density at radius 3 is 2.03 bits per heavy atom. The Labute approximate surface area is 182 Å². The molecule has 0 amide bonds. The van der Waals surface area contributed by atoms with Crippen molar-refractivity contribution in [1.82, 2.24) is 14.6 Å². The predicted molar refractivity (Wildman–Crippen MR) is 122 cm³/mol. The molecule has 0 aliphatic heterocycles. The molecule has 0 saturated heterocycles. The molecule has 30 heavy (non-hydrogen) atoms. The largest absolute Gasteiger partial charge is 0.211 e. The van der Waals surface area contributed by atoms with Crippen molar-refractivity contribution in [3.63, 3.8) is 0 Å². The molecule has 142 valence electrons. The number of halogens is 1. The molecule has 0 fully saturated rings. The first kappa shape index (κ1) is 18.3. The van der Waals surface area contributed by atoms with Crippen molar-refractivity contribution >= 4 is 21.6 Å². The number of pyridine rings is 1. The van der Waals surface area contributed by atoms with Gasteiger partial charge in [0.2, 0.25) is 0 Å². The minimum Gasteiger partial charge on any atom is -0.211 e. The van der Waals surface area contributed by atoms with Gasteiger partial charge in [0, 0.05) is 21.2 Å². The molecule has 5 aromatic rings. The average molecular weight is 451 g/mol. The van der Waals surface area contributed by atoms with Gasteiger partial charge in [-0.25, -0.2) is 9.50 Å². The zero-order valence-corrected chi connectivity index (χ0v) is 17.4. The van der Waals surface area contributed by atoms with Crippen molar-refractivity contribution in [2.45, 2.75) is 0 Å². The standard InChI is InChI=1S/C25H15BrN4/c26-20-13-11-17(12-14-20)21-15-23(18-7-3-1-4-8-18)30-25(22(21)16-27)28-24(29-30)19-9-5-2-6-10-19/h1-15H. The fraction of sp³-hybridized carbons (Fsp3) is 0. The van der Waals surface area contributed by atoms with E-state index in [4.69, 9.17) is 10.1 Å². The first-order chi connectivity index (χ1) is 14.7. The molecule has 0 atom stereocenters. The number of aromatic nitrogens is 3. The normalized spacial score (nSPS) is 10.8. The van der Waals surface area contributed by atoms with Crippen LogP contribution in [0.2, 0.25) is 0 Å². The molecule has 0 N–H and O–H groups in total. The van der Waals surface area contributed by atoms with Gasteiger partial charge in [0.25, 0.3) is 0 Å². The molecule has 2 aromatic heterocycles. The van der Waals surface area contributed by atoms with E-state index in [1.165, 1.54) is 0 Å². The van der Waals surface area contributed by atoms with Crippen LogP contribution in [0.25, 0.3) is 39.4 Å². The smallest absolute Gasteiger partial charge is 0.182 e. The van der Waals surface area contributed by atoms with E-state index in [0.29, 0.717) is 17.0 Å². The highest BCUT2D eigenvalue weighted by Crippen LogP contribution is 2.33. The summed E-state index contributed by atoms with van der Waals surface area (Å²) in [6, 6.07) is 32.2. The third kappa shape index (κ3) is 3.18. The van der Waals surface area contributed by atoms with Gasteiger partial charge in [-0.1, -0.05) is 88.7 Å². The van der Waals surface area contributed by atoms with Crippen molar-refractivity contribution < 1.29 is 0 Å². The highest BCUT2D eigenvalue weighted by molar-refractivity contribution is 9.10. The van der Waals surface area contributed by atoms with E-state index in [1.54, 1.807) is 4.52 Å². The van der Waals surface area contributed by atoms with Crippen molar-refractivity contribution in [2.24, 2.45) is 0 Å². The quantitative estimate of drug-likeness (QED) is 0.321. The van der Waals surface area contributed by atoms with Crippen LogP contribution in [0.15, 0.2) is 95.5 Å². The van der Waals surface area contributed by atoms with Gasteiger partial charge >= 0.3 is 0 Å². The molecule has 3 aromatic carbocycles. The maximum absolute atomic E-state index is 10.0. The molecule has 5 heteroatoms. The minimum absolute atomic E-state index is 0.506. The molecule has 0 aliphatic carbocycles. The van der Waals surface area contributed by atoms with E-state index in [1.807, 2.05) is 91.0 Å². The number of nitrogens with zero attached hydrogens (tertiary/aromatic N) is 4. The maximum atomic E-state index is 10.0. The van der Waals surface area contributed by atoms with Crippen LogP contribution in [0.3, 0.4) is 0 Å². The number of nitriles is 1. The second-order valence-corrected chi connectivity index (χ2v) is 7.76. The predicted octanol–water partition coefficient (Wildman–Crippen LogP) is 6.36. The molecule has 5 rings (SSSR count). The molecular formula is C25H15BrN4. The molecule has 0 spiro atoms. The lowest BCUT2D eigenvalue weighted by Crippen LogP contribution is -1.99. The summed E-state index contributed by atoms with van der Waals surface area (Å²) in [6.45, 7) is 0. The SMILES string of the molecule is N#Cc1c(-c2ccc(Br)cc2)cc(-c2ccccc2)n2nc(-c3ccccc3)nc12. The second-order valence-electron chi connectivity index (χ2n) is 6.84. The van der Waals surface area contributed by atoms with Crippen LogP contribution in [0, 0.1) is 11.3 Å². The first-order valence-corrected chi connectivity index (χ1v) is 10.2. The summed E-state index contributed by atoms with van der Waals surface area (Å²) in [4.78, 5) is 4.76. The molecule has 0 bridgehead atoms. The number of fused-ring (bicyclic) bond motifs is 1. The lowest BCUT2D eigenvalue weighted by Gasteiger charge is -2.11. The van der Waals surface area contributed by atoms with Crippen LogP contribution < -0.4 is 0 Å². The van der Waals surface area contributed by atoms with E-state index in [0.717, 1.165) is 32.4 Å². The second kappa shape index (κ2) is 7.58. The van der Waals surface area contributed by atoms with E-state index in [9.17, 15) is 5.26 Å². The summed E-state index contributed by atoms with van der Waals surface area (Å²) < 4.78 is 2.77. The summed E-state index contributed by atoms with van der Waals surface area (Å²) in [5, 5.41) is 14.8. The van der Waals surface area contributed by atoms with E-state index in [-0.39, 0.29) is 0 Å². The molecular weight excluding hydrogens is 436 g/mol. The average Bonchev–Trinajstić information content (AvgIpc) is 3.25. The lowest BCUT2D eigenvalue weighted by atomic mass is 9.99. The van der Waals surface area contributed by atoms with Gasteiger partial charge in [-0.15, -0.1) is 5.10 Å². The maximum Gasteiger partial charge on any atom is 0.182 e. The van der Waals surface area contributed by atoms with Gasteiger partial charge in [0.15, 0.2) is 11.5 Å². The molecule has 2 heterocycles. The Bertz CT molecular complexity index is 1380. The first-order valence-electron chi connectivity index (χ1n) is 9.45. The summed E-state index contributed by atoms with van der Waals surface area (Å²) in [5.41, 5.74) is 5.66. The van der Waals surface area contributed by atoms with Crippen LogP contribution in [-0.4, -0.2) is 14.6 Å². The van der Waals surface area contributed by atoms with Crippen LogP contribution >= 0.6 is 15.9 Å². The van der Waals surface area contributed by atoms with E-state index < -0.39 is 0 Å². The lowest BCUT2D eigenvalue weighted by molar-refractivity contribution is 0.972. The molecule has 0 saturated carbocycles.